The Morgan fingerprint density at radius 1 is 1.31 bits per heavy atom. The Hall–Kier alpha value is -0.440. The summed E-state index contributed by atoms with van der Waals surface area (Å²) >= 11 is 0. The molecule has 0 unspecified atom stereocenters. The lowest BCUT2D eigenvalue weighted by atomic mass is 10.4. The maximum atomic E-state index is 11.2. The van der Waals surface area contributed by atoms with Crippen LogP contribution in [0, 0.1) is 0 Å². The average Bonchev–Trinajstić information content (AvgIpc) is 1.97. The summed E-state index contributed by atoms with van der Waals surface area (Å²) in [6.45, 7) is 5.97. The summed E-state index contributed by atoms with van der Waals surface area (Å²) in [7, 11) is -7.32. The molecule has 0 aliphatic carbocycles. The highest BCUT2D eigenvalue weighted by atomic mass is 32.3. The van der Waals surface area contributed by atoms with Gasteiger partial charge in [-0.15, -0.1) is 0 Å². The van der Waals surface area contributed by atoms with Gasteiger partial charge in [0.15, 0.2) is 14.9 Å². The van der Waals surface area contributed by atoms with Crippen LogP contribution in [0.4, 0.5) is 0 Å². The monoisotopic (exact) mass is 271 g/mol. The Bertz CT molecular complexity index is 423. The summed E-state index contributed by atoms with van der Waals surface area (Å²) in [5, 5.41) is -0.902. The first-order valence-electron chi connectivity index (χ1n) is 4.49. The van der Waals surface area contributed by atoms with Gasteiger partial charge in [-0.05, 0) is 6.92 Å². The molecule has 0 atom stereocenters. The lowest BCUT2D eigenvalue weighted by Gasteiger charge is -2.06. The van der Waals surface area contributed by atoms with E-state index in [1.54, 1.807) is 6.92 Å². The highest BCUT2D eigenvalue weighted by Crippen LogP contribution is 1.92. The zero-order valence-electron chi connectivity index (χ0n) is 9.39. The van der Waals surface area contributed by atoms with Crippen LogP contribution in [0.5, 0.6) is 0 Å². The van der Waals surface area contributed by atoms with Gasteiger partial charge in [0.25, 0.3) is 0 Å². The van der Waals surface area contributed by atoms with E-state index in [1.165, 1.54) is 0 Å². The normalized spacial score (nSPS) is 12.6. The predicted molar refractivity (Wildman–Crippen MR) is 62.3 cm³/mol. The Kier molecular flexibility index (Phi) is 6.16. The maximum Gasteiger partial charge on any atom is 0.226 e. The molecule has 0 radical (unpaired) electrons. The van der Waals surface area contributed by atoms with Gasteiger partial charge in [0.2, 0.25) is 10.0 Å². The Labute approximate surface area is 96.7 Å². The number of sulfone groups is 1. The molecule has 96 valence electrons. The molecule has 0 aliphatic rings. The molecule has 0 fully saturated rings. The highest BCUT2D eigenvalue weighted by Gasteiger charge is 2.16. The van der Waals surface area contributed by atoms with Crippen molar-refractivity contribution in [3.63, 3.8) is 0 Å². The predicted octanol–water partition coefficient (Wildman–Crippen LogP) is -0.499. The summed E-state index contributed by atoms with van der Waals surface area (Å²) in [4.78, 5) is 0. The van der Waals surface area contributed by atoms with Crippen LogP contribution >= 0.6 is 0 Å². The molecular weight excluding hydrogens is 254 g/mol. The minimum Gasteiger partial charge on any atom is -0.376 e. The molecule has 0 bridgehead atoms. The van der Waals surface area contributed by atoms with Gasteiger partial charge in [-0.1, -0.05) is 12.2 Å². The molecule has 6 nitrogen and oxygen atoms in total. The molecular formula is C8H17NO5S2. The van der Waals surface area contributed by atoms with Crippen molar-refractivity contribution in [3.05, 3.63) is 12.2 Å². The van der Waals surface area contributed by atoms with Crippen molar-refractivity contribution in [2.45, 2.75) is 6.92 Å². The van der Waals surface area contributed by atoms with Crippen LogP contribution in [0.1, 0.15) is 6.92 Å². The molecule has 8 heteroatoms. The first-order valence-corrected chi connectivity index (χ1v) is 8.21. The zero-order valence-corrected chi connectivity index (χ0v) is 11.0. The summed E-state index contributed by atoms with van der Waals surface area (Å²) in [6, 6.07) is 0. The van der Waals surface area contributed by atoms with Gasteiger partial charge in [-0.25, -0.2) is 21.6 Å². The average molecular weight is 271 g/mol. The zero-order chi connectivity index (χ0) is 12.8. The summed E-state index contributed by atoms with van der Waals surface area (Å²) in [6.07, 6.45) is 0.865. The van der Waals surface area contributed by atoms with Gasteiger partial charge < -0.3 is 4.74 Å². The third kappa shape index (κ3) is 10.1. The van der Waals surface area contributed by atoms with Crippen molar-refractivity contribution in [1.29, 1.82) is 0 Å². The number of nitrogens with one attached hydrogen (secondary N) is 1. The van der Waals surface area contributed by atoms with E-state index in [4.69, 9.17) is 4.74 Å². The van der Waals surface area contributed by atoms with Crippen LogP contribution in [0.25, 0.3) is 0 Å². The number of rotatable bonds is 8. The molecule has 0 heterocycles. The van der Waals surface area contributed by atoms with Crippen LogP contribution in [-0.4, -0.2) is 47.9 Å². The van der Waals surface area contributed by atoms with Gasteiger partial charge >= 0.3 is 0 Å². The van der Waals surface area contributed by atoms with Crippen LogP contribution in [0.3, 0.4) is 0 Å². The summed E-state index contributed by atoms with van der Waals surface area (Å²) < 4.78 is 51.1. The molecule has 16 heavy (non-hydrogen) atoms. The highest BCUT2D eigenvalue weighted by molar-refractivity contribution is 8.06. The van der Waals surface area contributed by atoms with Crippen LogP contribution in [0.15, 0.2) is 12.2 Å². The molecule has 0 aromatic carbocycles. The fourth-order valence-corrected chi connectivity index (χ4v) is 3.82. The Morgan fingerprint density at radius 3 is 2.31 bits per heavy atom. The second-order valence-corrected chi connectivity index (χ2v) is 7.87. The lowest BCUT2D eigenvalue weighted by Crippen LogP contribution is -2.32. The van der Waals surface area contributed by atoms with Crippen molar-refractivity contribution in [2.24, 2.45) is 0 Å². The quantitative estimate of drug-likeness (QED) is 0.475. The standard InChI is InChI=1S/C8H17NO5S2/c1-8(2)6-14-5-4-9-16(12,13)7-15(3,10)11/h9H,1,4-7H2,2-3H3. The van der Waals surface area contributed by atoms with Crippen molar-refractivity contribution in [1.82, 2.24) is 4.72 Å². The Balaban J connectivity index is 3.89. The lowest BCUT2D eigenvalue weighted by molar-refractivity contribution is 0.162. The number of hydrogen-bond donors (Lipinski definition) is 1. The molecule has 0 aromatic heterocycles. The second-order valence-electron chi connectivity index (χ2n) is 3.56. The molecule has 0 saturated heterocycles. The van der Waals surface area contributed by atoms with Gasteiger partial charge in [0, 0.05) is 12.8 Å². The maximum absolute atomic E-state index is 11.2. The van der Waals surface area contributed by atoms with Crippen LogP contribution < -0.4 is 4.72 Å². The first kappa shape index (κ1) is 15.6. The largest absolute Gasteiger partial charge is 0.376 e. The summed E-state index contributed by atoms with van der Waals surface area (Å²) in [5.41, 5.74) is 0.832. The van der Waals surface area contributed by atoms with Crippen LogP contribution in [-0.2, 0) is 24.6 Å². The number of sulfonamides is 1. The van der Waals surface area contributed by atoms with E-state index in [0.717, 1.165) is 11.8 Å². The molecule has 0 spiro atoms. The van der Waals surface area contributed by atoms with E-state index in [-0.39, 0.29) is 13.2 Å². The van der Waals surface area contributed by atoms with Gasteiger partial charge in [0.05, 0.1) is 13.2 Å². The molecule has 0 aliphatic heterocycles. The first-order chi connectivity index (χ1) is 7.12. The fourth-order valence-electron chi connectivity index (χ4n) is 0.839. The Morgan fingerprint density at radius 2 is 1.88 bits per heavy atom. The van der Waals surface area contributed by atoms with E-state index >= 15 is 0 Å². The van der Waals surface area contributed by atoms with Gasteiger partial charge in [-0.3, -0.25) is 0 Å². The summed E-state index contributed by atoms with van der Waals surface area (Å²) in [5.74, 6) is 0. The number of hydrogen-bond acceptors (Lipinski definition) is 5. The minimum absolute atomic E-state index is 0.0468. The van der Waals surface area contributed by atoms with Crippen molar-refractivity contribution in [3.8, 4) is 0 Å². The fraction of sp³-hybridized carbons (Fsp3) is 0.750. The SMILES string of the molecule is C=C(C)COCCNS(=O)(=O)CS(C)(=O)=O. The van der Waals surface area contributed by atoms with E-state index in [2.05, 4.69) is 11.3 Å². The molecule has 0 rings (SSSR count). The van der Waals surface area contributed by atoms with Gasteiger partial charge in [-0.2, -0.15) is 0 Å². The molecule has 0 amide bonds. The third-order valence-electron chi connectivity index (χ3n) is 1.29. The van der Waals surface area contributed by atoms with E-state index < -0.39 is 24.9 Å². The third-order valence-corrected chi connectivity index (χ3v) is 4.88. The minimum atomic E-state index is -3.78. The van der Waals surface area contributed by atoms with E-state index in [0.29, 0.717) is 6.61 Å². The van der Waals surface area contributed by atoms with Crippen molar-refractivity contribution < 1.29 is 21.6 Å². The van der Waals surface area contributed by atoms with E-state index in [1.807, 2.05) is 0 Å². The topological polar surface area (TPSA) is 89.5 Å². The second kappa shape index (κ2) is 6.33. The van der Waals surface area contributed by atoms with E-state index in [9.17, 15) is 16.8 Å². The number of ether oxygens (including phenoxy) is 1. The van der Waals surface area contributed by atoms with Crippen molar-refractivity contribution in [2.75, 3.05) is 31.1 Å². The molecule has 1 N–H and O–H groups in total. The molecule has 0 aromatic rings. The van der Waals surface area contributed by atoms with Crippen molar-refractivity contribution >= 4 is 19.9 Å². The van der Waals surface area contributed by atoms with Crippen LogP contribution in [0.2, 0.25) is 0 Å². The van der Waals surface area contributed by atoms with Gasteiger partial charge in [0.1, 0.15) is 0 Å². The smallest absolute Gasteiger partial charge is 0.226 e. The molecule has 0 saturated carbocycles.